The van der Waals surface area contributed by atoms with Gasteiger partial charge in [0.1, 0.15) is 0 Å². The molecule has 1 saturated carbocycles. The lowest BCUT2D eigenvalue weighted by atomic mass is 10.4. The summed E-state index contributed by atoms with van der Waals surface area (Å²) in [5, 5.41) is 0. The van der Waals surface area contributed by atoms with Gasteiger partial charge in [0, 0.05) is 0 Å². The topological polar surface area (TPSA) is 0 Å². The molecule has 0 bridgehead atoms. The van der Waals surface area contributed by atoms with E-state index in [0.717, 1.165) is 11.3 Å². The van der Waals surface area contributed by atoms with E-state index in [4.69, 9.17) is 12.2 Å². The maximum absolute atomic E-state index is 4.86. The van der Waals surface area contributed by atoms with E-state index in [1.807, 2.05) is 0 Å². The maximum Gasteiger partial charge on any atom is -0.00242 e. The Hall–Kier alpha value is 0.0900. The fourth-order valence-electron chi connectivity index (χ4n) is 0.641. The highest BCUT2D eigenvalue weighted by atomic mass is 32.1. The summed E-state index contributed by atoms with van der Waals surface area (Å²) in [7, 11) is 0. The molecule has 0 heterocycles. The van der Waals surface area contributed by atoms with Crippen molar-refractivity contribution in [1.29, 1.82) is 0 Å². The van der Waals surface area contributed by atoms with Crippen LogP contribution in [0.15, 0.2) is 0 Å². The normalized spacial score (nSPS) is 22.3. The predicted molar refractivity (Wildman–Crippen MR) is 30.7 cm³/mol. The molecule has 1 radical (unpaired) electrons. The van der Waals surface area contributed by atoms with E-state index in [0.29, 0.717) is 0 Å². The molecule has 0 aromatic heterocycles. The van der Waals surface area contributed by atoms with E-state index in [2.05, 4.69) is 6.42 Å². The summed E-state index contributed by atoms with van der Waals surface area (Å²) in [4.78, 5) is 1.16. The molecule has 0 amide bonds. The molecule has 0 aromatic rings. The monoisotopic (exact) mass is 99.0 g/mol. The molecular formula is C5H7S. The average Bonchev–Trinajstić information content (AvgIpc) is 1.86. The standard InChI is InChI=1S/C5H7S/c6-5-3-1-2-4-5/h3H,1-2,4H2. The van der Waals surface area contributed by atoms with Gasteiger partial charge in [-0.15, -0.1) is 0 Å². The summed E-state index contributed by atoms with van der Waals surface area (Å²) in [6.45, 7) is 0. The molecule has 0 aliphatic heterocycles. The van der Waals surface area contributed by atoms with E-state index in [9.17, 15) is 0 Å². The van der Waals surface area contributed by atoms with Crippen LogP contribution in [0.25, 0.3) is 0 Å². The van der Waals surface area contributed by atoms with Crippen LogP contribution in [0.4, 0.5) is 0 Å². The SMILES string of the molecule is S=C1[CH]CCC1. The Balaban J connectivity index is 2.37. The van der Waals surface area contributed by atoms with Crippen molar-refractivity contribution in [3.05, 3.63) is 6.42 Å². The molecule has 0 N–H and O–H groups in total. The second-order valence-corrected chi connectivity index (χ2v) is 2.09. The minimum atomic E-state index is 1.16. The fourth-order valence-corrected chi connectivity index (χ4v) is 0.904. The number of hydrogen-bond donors (Lipinski definition) is 0. The van der Waals surface area contributed by atoms with Crippen LogP contribution in [0, 0.1) is 6.42 Å². The van der Waals surface area contributed by atoms with Crippen molar-refractivity contribution in [2.45, 2.75) is 19.3 Å². The third kappa shape index (κ3) is 0.777. The summed E-state index contributed by atoms with van der Waals surface area (Å²) in [5.74, 6) is 0. The van der Waals surface area contributed by atoms with E-state index in [-0.39, 0.29) is 0 Å². The minimum absolute atomic E-state index is 1.16. The van der Waals surface area contributed by atoms with Crippen molar-refractivity contribution in [3.63, 3.8) is 0 Å². The van der Waals surface area contributed by atoms with E-state index in [1.165, 1.54) is 12.8 Å². The molecule has 1 fully saturated rings. The van der Waals surface area contributed by atoms with Gasteiger partial charge in [-0.05, 0) is 30.5 Å². The van der Waals surface area contributed by atoms with Crippen molar-refractivity contribution in [2.24, 2.45) is 0 Å². The second kappa shape index (κ2) is 1.69. The molecule has 1 rings (SSSR count). The summed E-state index contributed by atoms with van der Waals surface area (Å²) >= 11 is 4.86. The number of thiocarbonyl (C=S) groups is 1. The van der Waals surface area contributed by atoms with Crippen molar-refractivity contribution in [1.82, 2.24) is 0 Å². The third-order valence-electron chi connectivity index (χ3n) is 0.999. The van der Waals surface area contributed by atoms with Gasteiger partial charge in [-0.2, -0.15) is 0 Å². The highest BCUT2D eigenvalue weighted by Gasteiger charge is 2.03. The van der Waals surface area contributed by atoms with Gasteiger partial charge in [0.25, 0.3) is 0 Å². The van der Waals surface area contributed by atoms with Crippen molar-refractivity contribution in [3.8, 4) is 0 Å². The predicted octanol–water partition coefficient (Wildman–Crippen LogP) is 1.74. The van der Waals surface area contributed by atoms with Crippen LogP contribution in [0.5, 0.6) is 0 Å². The lowest BCUT2D eigenvalue weighted by Crippen LogP contribution is -1.78. The molecule has 0 spiro atoms. The van der Waals surface area contributed by atoms with Gasteiger partial charge in [-0.3, -0.25) is 0 Å². The molecule has 33 valence electrons. The first-order valence-corrected chi connectivity index (χ1v) is 2.66. The van der Waals surface area contributed by atoms with Gasteiger partial charge in [0.05, 0.1) is 0 Å². The highest BCUT2D eigenvalue weighted by molar-refractivity contribution is 7.80. The van der Waals surface area contributed by atoms with Crippen LogP contribution in [-0.2, 0) is 0 Å². The first kappa shape index (κ1) is 4.25. The molecule has 1 aliphatic carbocycles. The first-order chi connectivity index (χ1) is 2.89. The van der Waals surface area contributed by atoms with Gasteiger partial charge in [-0.25, -0.2) is 0 Å². The van der Waals surface area contributed by atoms with Crippen LogP contribution in [0.2, 0.25) is 0 Å². The van der Waals surface area contributed by atoms with Crippen molar-refractivity contribution in [2.75, 3.05) is 0 Å². The summed E-state index contributed by atoms with van der Waals surface area (Å²) in [6, 6.07) is 0. The van der Waals surface area contributed by atoms with Crippen LogP contribution in [-0.4, -0.2) is 4.86 Å². The zero-order valence-electron chi connectivity index (χ0n) is 3.61. The van der Waals surface area contributed by atoms with Gasteiger partial charge >= 0.3 is 0 Å². The molecule has 0 saturated heterocycles. The fraction of sp³-hybridized carbons (Fsp3) is 0.600. The number of rotatable bonds is 0. The third-order valence-corrected chi connectivity index (χ3v) is 1.37. The van der Waals surface area contributed by atoms with E-state index < -0.39 is 0 Å². The summed E-state index contributed by atoms with van der Waals surface area (Å²) in [6.07, 6.45) is 5.81. The molecule has 0 unspecified atom stereocenters. The van der Waals surface area contributed by atoms with Crippen LogP contribution in [0.3, 0.4) is 0 Å². The summed E-state index contributed by atoms with van der Waals surface area (Å²) < 4.78 is 0. The zero-order valence-corrected chi connectivity index (χ0v) is 4.42. The Morgan fingerprint density at radius 2 is 2.50 bits per heavy atom. The first-order valence-electron chi connectivity index (χ1n) is 2.25. The lowest BCUT2D eigenvalue weighted by Gasteiger charge is -1.76. The van der Waals surface area contributed by atoms with E-state index >= 15 is 0 Å². The minimum Gasteiger partial charge on any atom is -0.0894 e. The Morgan fingerprint density at radius 1 is 1.67 bits per heavy atom. The molecule has 1 aliphatic rings. The Kier molecular flexibility index (Phi) is 1.20. The molecule has 0 nitrogen and oxygen atoms in total. The number of hydrogen-bond acceptors (Lipinski definition) is 1. The highest BCUT2D eigenvalue weighted by Crippen LogP contribution is 2.12. The van der Waals surface area contributed by atoms with Crippen molar-refractivity contribution >= 4 is 17.1 Å². The molecule has 0 aromatic carbocycles. The van der Waals surface area contributed by atoms with Crippen LogP contribution >= 0.6 is 12.2 Å². The summed E-state index contributed by atoms with van der Waals surface area (Å²) in [5.41, 5.74) is 0. The van der Waals surface area contributed by atoms with Crippen molar-refractivity contribution < 1.29 is 0 Å². The Morgan fingerprint density at radius 3 is 2.67 bits per heavy atom. The van der Waals surface area contributed by atoms with Gasteiger partial charge in [-0.1, -0.05) is 12.2 Å². The van der Waals surface area contributed by atoms with Gasteiger partial charge in [0.15, 0.2) is 0 Å². The van der Waals surface area contributed by atoms with Gasteiger partial charge in [0.2, 0.25) is 0 Å². The molecule has 0 atom stereocenters. The van der Waals surface area contributed by atoms with Gasteiger partial charge < -0.3 is 0 Å². The second-order valence-electron chi connectivity index (χ2n) is 1.56. The Labute approximate surface area is 43.6 Å². The van der Waals surface area contributed by atoms with E-state index in [1.54, 1.807) is 0 Å². The average molecular weight is 99.2 g/mol. The smallest absolute Gasteiger partial charge is 0.00242 e. The van der Waals surface area contributed by atoms with Crippen LogP contribution < -0.4 is 0 Å². The largest absolute Gasteiger partial charge is 0.0894 e. The Bertz CT molecular complexity index is 58.3. The zero-order chi connectivity index (χ0) is 4.41. The quantitative estimate of drug-likeness (QED) is 0.417. The molecule has 1 heteroatoms. The maximum atomic E-state index is 4.86. The lowest BCUT2D eigenvalue weighted by molar-refractivity contribution is 0.946. The molecular weight excluding hydrogens is 92.1 g/mol. The van der Waals surface area contributed by atoms with Crippen LogP contribution in [0.1, 0.15) is 19.3 Å². The molecule has 6 heavy (non-hydrogen) atoms.